The molecule has 1 aromatic carbocycles. The van der Waals surface area contributed by atoms with E-state index in [-0.39, 0.29) is 29.7 Å². The van der Waals surface area contributed by atoms with E-state index in [1.165, 1.54) is 5.56 Å². The number of rotatable bonds is 4. The molecule has 4 nitrogen and oxygen atoms in total. The first-order chi connectivity index (χ1) is 9.86. The molecule has 1 aliphatic carbocycles. The van der Waals surface area contributed by atoms with Gasteiger partial charge in [0.05, 0.1) is 6.54 Å². The quantitative estimate of drug-likeness (QED) is 0.895. The van der Waals surface area contributed by atoms with E-state index >= 15 is 0 Å². The molecule has 0 aromatic heterocycles. The summed E-state index contributed by atoms with van der Waals surface area (Å²) in [6.45, 7) is 6.49. The van der Waals surface area contributed by atoms with Crippen LogP contribution in [0.5, 0.6) is 0 Å². The van der Waals surface area contributed by atoms with E-state index in [0.717, 1.165) is 24.9 Å². The number of anilines is 1. The van der Waals surface area contributed by atoms with Gasteiger partial charge in [0, 0.05) is 11.6 Å². The van der Waals surface area contributed by atoms with E-state index in [9.17, 15) is 9.59 Å². The summed E-state index contributed by atoms with van der Waals surface area (Å²) in [5.41, 5.74) is 2.07. The molecule has 1 fully saturated rings. The van der Waals surface area contributed by atoms with Crippen molar-refractivity contribution < 1.29 is 9.59 Å². The standard InChI is InChI=1S/C17H24N2O2/c1-17(2,3)13-7-9-14(10-8-13)19-15(20)11-18-16(21)12-5-4-6-12/h7-10,12H,4-6,11H2,1-3H3,(H,18,21)(H,19,20). The van der Waals surface area contributed by atoms with Crippen molar-refractivity contribution in [3.63, 3.8) is 0 Å². The Morgan fingerprint density at radius 2 is 1.76 bits per heavy atom. The van der Waals surface area contributed by atoms with Crippen molar-refractivity contribution in [1.82, 2.24) is 5.32 Å². The highest BCUT2D eigenvalue weighted by Gasteiger charge is 2.25. The molecule has 0 saturated heterocycles. The lowest BCUT2D eigenvalue weighted by Gasteiger charge is -2.23. The lowest BCUT2D eigenvalue weighted by molar-refractivity contribution is -0.129. The van der Waals surface area contributed by atoms with Gasteiger partial charge in [-0.15, -0.1) is 0 Å². The van der Waals surface area contributed by atoms with Crippen LogP contribution in [0, 0.1) is 5.92 Å². The van der Waals surface area contributed by atoms with Gasteiger partial charge in [-0.3, -0.25) is 9.59 Å². The van der Waals surface area contributed by atoms with E-state index in [0.29, 0.717) is 0 Å². The Hall–Kier alpha value is -1.84. The average molecular weight is 288 g/mol. The van der Waals surface area contributed by atoms with Crippen molar-refractivity contribution in [2.24, 2.45) is 5.92 Å². The normalized spacial score (nSPS) is 15.2. The van der Waals surface area contributed by atoms with Gasteiger partial charge in [-0.1, -0.05) is 39.3 Å². The highest BCUT2D eigenvalue weighted by Crippen LogP contribution is 2.26. The van der Waals surface area contributed by atoms with Gasteiger partial charge in [0.15, 0.2) is 0 Å². The molecule has 0 aliphatic heterocycles. The summed E-state index contributed by atoms with van der Waals surface area (Å²) in [5, 5.41) is 5.49. The van der Waals surface area contributed by atoms with Gasteiger partial charge in [-0.2, -0.15) is 0 Å². The van der Waals surface area contributed by atoms with Gasteiger partial charge in [0.1, 0.15) is 0 Å². The Bertz CT molecular complexity index is 511. The van der Waals surface area contributed by atoms with Crippen molar-refractivity contribution in [3.05, 3.63) is 29.8 Å². The predicted octanol–water partition coefficient (Wildman–Crippen LogP) is 2.84. The summed E-state index contributed by atoms with van der Waals surface area (Å²) >= 11 is 0. The zero-order chi connectivity index (χ0) is 15.5. The van der Waals surface area contributed by atoms with Crippen molar-refractivity contribution in [2.75, 3.05) is 11.9 Å². The van der Waals surface area contributed by atoms with Crippen molar-refractivity contribution in [2.45, 2.75) is 45.4 Å². The van der Waals surface area contributed by atoms with Gasteiger partial charge in [-0.05, 0) is 36.0 Å². The first-order valence-corrected chi connectivity index (χ1v) is 7.54. The van der Waals surface area contributed by atoms with Crippen LogP contribution < -0.4 is 10.6 Å². The maximum absolute atomic E-state index is 11.8. The summed E-state index contributed by atoms with van der Waals surface area (Å²) in [6, 6.07) is 7.82. The third-order valence-corrected chi connectivity index (χ3v) is 3.93. The fraction of sp³-hybridized carbons (Fsp3) is 0.529. The molecule has 2 amide bonds. The van der Waals surface area contributed by atoms with Crippen LogP contribution in [0.3, 0.4) is 0 Å². The van der Waals surface area contributed by atoms with Gasteiger partial charge in [0.25, 0.3) is 0 Å². The lowest BCUT2D eigenvalue weighted by atomic mass is 9.85. The molecule has 0 spiro atoms. The monoisotopic (exact) mass is 288 g/mol. The van der Waals surface area contributed by atoms with Crippen LogP contribution in [0.1, 0.15) is 45.6 Å². The van der Waals surface area contributed by atoms with Crippen LogP contribution in [0.4, 0.5) is 5.69 Å². The second kappa shape index (κ2) is 6.29. The van der Waals surface area contributed by atoms with Crippen LogP contribution in [-0.2, 0) is 15.0 Å². The summed E-state index contributed by atoms with van der Waals surface area (Å²) in [6.07, 6.45) is 3.01. The minimum Gasteiger partial charge on any atom is -0.347 e. The fourth-order valence-electron chi connectivity index (χ4n) is 2.24. The topological polar surface area (TPSA) is 58.2 Å². The minimum absolute atomic E-state index is 0.000481. The van der Waals surface area contributed by atoms with Gasteiger partial charge < -0.3 is 10.6 Å². The largest absolute Gasteiger partial charge is 0.347 e. The molecule has 1 aromatic rings. The number of amides is 2. The fourth-order valence-corrected chi connectivity index (χ4v) is 2.24. The molecule has 21 heavy (non-hydrogen) atoms. The first-order valence-electron chi connectivity index (χ1n) is 7.54. The number of carbonyl (C=O) groups excluding carboxylic acids is 2. The van der Waals surface area contributed by atoms with Gasteiger partial charge in [-0.25, -0.2) is 0 Å². The summed E-state index contributed by atoms with van der Waals surface area (Å²) in [7, 11) is 0. The maximum Gasteiger partial charge on any atom is 0.243 e. The second-order valence-corrected chi connectivity index (χ2v) is 6.72. The third-order valence-electron chi connectivity index (χ3n) is 3.93. The Balaban J connectivity index is 1.80. The molecule has 4 heteroatoms. The summed E-state index contributed by atoms with van der Waals surface area (Å²) < 4.78 is 0. The highest BCUT2D eigenvalue weighted by atomic mass is 16.2. The van der Waals surface area contributed by atoms with Crippen molar-refractivity contribution >= 4 is 17.5 Å². The van der Waals surface area contributed by atoms with Crippen LogP contribution in [0.25, 0.3) is 0 Å². The maximum atomic E-state index is 11.8. The van der Waals surface area contributed by atoms with E-state index < -0.39 is 0 Å². The third kappa shape index (κ3) is 4.31. The molecule has 0 atom stereocenters. The Morgan fingerprint density at radius 3 is 2.24 bits per heavy atom. The van der Waals surface area contributed by atoms with E-state index in [1.54, 1.807) is 0 Å². The molecular formula is C17H24N2O2. The van der Waals surface area contributed by atoms with Crippen LogP contribution in [0.15, 0.2) is 24.3 Å². The number of benzene rings is 1. The Morgan fingerprint density at radius 1 is 1.14 bits per heavy atom. The molecule has 1 aliphatic rings. The SMILES string of the molecule is CC(C)(C)c1ccc(NC(=O)CNC(=O)C2CCC2)cc1. The van der Waals surface area contributed by atoms with Crippen LogP contribution in [-0.4, -0.2) is 18.4 Å². The second-order valence-electron chi connectivity index (χ2n) is 6.72. The van der Waals surface area contributed by atoms with Gasteiger partial charge >= 0.3 is 0 Å². The smallest absolute Gasteiger partial charge is 0.243 e. The molecule has 0 unspecified atom stereocenters. The van der Waals surface area contributed by atoms with E-state index in [2.05, 4.69) is 31.4 Å². The zero-order valence-electron chi connectivity index (χ0n) is 13.0. The minimum atomic E-state index is -0.189. The first kappa shape index (κ1) is 15.5. The molecular weight excluding hydrogens is 264 g/mol. The Kier molecular flexibility index (Phi) is 4.66. The molecule has 0 bridgehead atoms. The van der Waals surface area contributed by atoms with E-state index in [1.807, 2.05) is 24.3 Å². The lowest BCUT2D eigenvalue weighted by Crippen LogP contribution is -2.39. The van der Waals surface area contributed by atoms with E-state index in [4.69, 9.17) is 0 Å². The average Bonchev–Trinajstić information content (AvgIpc) is 2.34. The molecule has 0 radical (unpaired) electrons. The number of carbonyl (C=O) groups is 2. The number of hydrogen-bond donors (Lipinski definition) is 2. The van der Waals surface area contributed by atoms with Crippen LogP contribution in [0.2, 0.25) is 0 Å². The van der Waals surface area contributed by atoms with Crippen molar-refractivity contribution in [3.8, 4) is 0 Å². The highest BCUT2D eigenvalue weighted by molar-refractivity contribution is 5.94. The Labute approximate surface area is 126 Å². The summed E-state index contributed by atoms with van der Waals surface area (Å²) in [5.74, 6) is -0.0745. The molecule has 1 saturated carbocycles. The number of hydrogen-bond acceptors (Lipinski definition) is 2. The molecule has 2 rings (SSSR count). The van der Waals surface area contributed by atoms with Crippen LogP contribution >= 0.6 is 0 Å². The van der Waals surface area contributed by atoms with Crippen molar-refractivity contribution in [1.29, 1.82) is 0 Å². The molecule has 2 N–H and O–H groups in total. The predicted molar refractivity (Wildman–Crippen MR) is 84.1 cm³/mol. The number of nitrogens with one attached hydrogen (secondary N) is 2. The summed E-state index contributed by atoms with van der Waals surface area (Å²) in [4.78, 5) is 23.4. The molecule has 0 heterocycles. The zero-order valence-corrected chi connectivity index (χ0v) is 13.0. The van der Waals surface area contributed by atoms with Gasteiger partial charge in [0.2, 0.25) is 11.8 Å². The molecule has 114 valence electrons.